The van der Waals surface area contributed by atoms with Gasteiger partial charge in [-0.15, -0.1) is 8.46 Å². The third-order valence-electron chi connectivity index (χ3n) is 5.29. The molecule has 14 heteroatoms. The Hall–Kier alpha value is -0.380. The van der Waals surface area contributed by atoms with E-state index in [1.165, 1.54) is 0 Å². The van der Waals surface area contributed by atoms with Crippen molar-refractivity contribution in [3.05, 3.63) is 0 Å². The molecule has 2 N–H and O–H groups in total. The second-order valence-electron chi connectivity index (χ2n) is 6.70. The molecule has 0 aromatic heterocycles. The van der Waals surface area contributed by atoms with Crippen molar-refractivity contribution in [3.8, 4) is 0 Å². The van der Waals surface area contributed by atoms with Crippen LogP contribution in [0.2, 0.25) is 0 Å². The smallest absolute Gasteiger partial charge is 0.299 e. The maximum Gasteiger partial charge on any atom is 0.434 e. The van der Waals surface area contributed by atoms with E-state index >= 15 is 0 Å². The third-order valence-corrected chi connectivity index (χ3v) is 9.86. The number of sulfonamides is 2. The minimum Gasteiger partial charge on any atom is -0.299 e. The van der Waals surface area contributed by atoms with Gasteiger partial charge >= 0.3 is 14.6 Å². The van der Waals surface area contributed by atoms with Crippen LogP contribution in [0.3, 0.4) is 0 Å². The highest BCUT2D eigenvalue weighted by Gasteiger charge is 2.65. The van der Waals surface area contributed by atoms with E-state index in [1.807, 2.05) is 0 Å². The van der Waals surface area contributed by atoms with Crippen LogP contribution in [-0.4, -0.2) is 38.2 Å². The van der Waals surface area contributed by atoms with Crippen molar-refractivity contribution in [2.45, 2.75) is 37.7 Å². The molecular formula is C11H17F2NO8S3. The average Bonchev–Trinajstić information content (AvgIpc) is 2.77. The molecule has 0 aromatic rings. The fraction of sp³-hybridized carbons (Fsp3) is 0.909. The lowest BCUT2D eigenvalue weighted by atomic mass is 9.70. The Labute approximate surface area is 147 Å². The Morgan fingerprint density at radius 1 is 1.36 bits per heavy atom. The minimum absolute atomic E-state index is 0.0288. The first-order valence-corrected chi connectivity index (χ1v) is 10.9. The van der Waals surface area contributed by atoms with Gasteiger partial charge in [-0.05, 0) is 24.2 Å². The highest BCUT2D eigenvalue weighted by Crippen LogP contribution is 2.64. The SMILES string of the molecule is CC1(C)C2CCC1(CS(=O)(=O)NS(=O)(=O)C(F)(F)SOOO)C(=O)C2. The van der Waals surface area contributed by atoms with Crippen LogP contribution >= 0.6 is 12.0 Å². The van der Waals surface area contributed by atoms with Gasteiger partial charge < -0.3 is 0 Å². The van der Waals surface area contributed by atoms with Gasteiger partial charge in [0.1, 0.15) is 17.8 Å². The molecule has 2 bridgehead atoms. The Morgan fingerprint density at radius 2 is 1.96 bits per heavy atom. The summed E-state index contributed by atoms with van der Waals surface area (Å²) in [6.45, 7) is 3.44. The molecule has 2 fully saturated rings. The van der Waals surface area contributed by atoms with Crippen molar-refractivity contribution in [3.63, 3.8) is 0 Å². The van der Waals surface area contributed by atoms with Crippen LogP contribution in [0, 0.1) is 16.7 Å². The molecule has 2 atom stereocenters. The molecule has 0 amide bonds. The van der Waals surface area contributed by atoms with Gasteiger partial charge in [0.2, 0.25) is 10.0 Å². The number of fused-ring (bicyclic) bond motifs is 2. The summed E-state index contributed by atoms with van der Waals surface area (Å²) in [6.07, 6.45) is 1.04. The van der Waals surface area contributed by atoms with Gasteiger partial charge in [-0.2, -0.15) is 8.78 Å². The summed E-state index contributed by atoms with van der Waals surface area (Å²) in [7, 11) is -10.5. The van der Waals surface area contributed by atoms with Crippen LogP contribution in [0.5, 0.6) is 0 Å². The fourth-order valence-corrected chi connectivity index (χ4v) is 7.92. The topological polar surface area (TPSA) is 136 Å². The monoisotopic (exact) mass is 425 g/mol. The van der Waals surface area contributed by atoms with Gasteiger partial charge in [0.15, 0.2) is 0 Å². The highest BCUT2D eigenvalue weighted by atomic mass is 32.3. The van der Waals surface area contributed by atoms with Crippen LogP contribution in [0.15, 0.2) is 0 Å². The molecule has 0 aliphatic heterocycles. The second kappa shape index (κ2) is 6.35. The number of ketones is 1. The van der Waals surface area contributed by atoms with Crippen molar-refractivity contribution < 1.29 is 45.0 Å². The quantitative estimate of drug-likeness (QED) is 0.334. The van der Waals surface area contributed by atoms with Crippen LogP contribution in [-0.2, 0) is 34.2 Å². The fourth-order valence-electron chi connectivity index (χ4n) is 3.78. The Bertz CT molecular complexity index is 766. The van der Waals surface area contributed by atoms with E-state index in [9.17, 15) is 30.4 Å². The van der Waals surface area contributed by atoms with Gasteiger partial charge in [-0.1, -0.05) is 18.9 Å². The number of nitrogens with one attached hydrogen (secondary N) is 1. The average molecular weight is 425 g/mol. The zero-order valence-corrected chi connectivity index (χ0v) is 15.6. The van der Waals surface area contributed by atoms with Gasteiger partial charge in [0.25, 0.3) is 0 Å². The number of hydrogen-bond donors (Lipinski definition) is 2. The molecule has 0 radical (unpaired) electrons. The number of rotatable bonds is 8. The normalized spacial score (nSPS) is 29.3. The van der Waals surface area contributed by atoms with Gasteiger partial charge in [-0.3, -0.25) is 4.79 Å². The van der Waals surface area contributed by atoms with Crippen molar-refractivity contribution >= 4 is 37.9 Å². The van der Waals surface area contributed by atoms with E-state index in [2.05, 4.69) is 9.37 Å². The maximum atomic E-state index is 13.5. The van der Waals surface area contributed by atoms with Gasteiger partial charge in [-0.25, -0.2) is 22.1 Å². The number of alkyl halides is 2. The predicted octanol–water partition coefficient (Wildman–Crippen LogP) is 1.25. The van der Waals surface area contributed by atoms with Gasteiger partial charge in [0.05, 0.1) is 5.75 Å². The standard InChI is InChI=1S/C11H17F2NO8S3/c1-9(2)7-3-4-10(9,8(15)5-7)6-24(17,18)14-25(19,20)11(12,13)23-22-21-16/h7,14,16H,3-6H2,1-2H3. The molecular weight excluding hydrogens is 408 g/mol. The van der Waals surface area contributed by atoms with Crippen LogP contribution in [0.4, 0.5) is 8.78 Å². The Balaban J connectivity index is 2.24. The third kappa shape index (κ3) is 3.44. The first kappa shape index (κ1) is 20.9. The first-order chi connectivity index (χ1) is 11.2. The second-order valence-corrected chi connectivity index (χ2v) is 11.5. The van der Waals surface area contributed by atoms with E-state index in [1.54, 1.807) is 13.8 Å². The molecule has 146 valence electrons. The van der Waals surface area contributed by atoms with E-state index in [0.717, 1.165) is 4.13 Å². The summed E-state index contributed by atoms with van der Waals surface area (Å²) >= 11 is -1.10. The lowest BCUT2D eigenvalue weighted by molar-refractivity contribution is -0.433. The van der Waals surface area contributed by atoms with Crippen molar-refractivity contribution in [1.82, 2.24) is 4.13 Å². The molecule has 0 spiro atoms. The molecule has 0 aromatic carbocycles. The zero-order chi connectivity index (χ0) is 19.3. The molecule has 0 saturated heterocycles. The summed E-state index contributed by atoms with van der Waals surface area (Å²) < 4.78 is 74.3. The van der Waals surface area contributed by atoms with E-state index in [-0.39, 0.29) is 24.5 Å². The van der Waals surface area contributed by atoms with E-state index in [0.29, 0.717) is 6.42 Å². The number of hydrogen-bond acceptors (Lipinski definition) is 9. The van der Waals surface area contributed by atoms with Crippen LogP contribution in [0.25, 0.3) is 0 Å². The van der Waals surface area contributed by atoms with Crippen molar-refractivity contribution in [2.24, 2.45) is 16.7 Å². The molecule has 2 aliphatic rings. The molecule has 0 heterocycles. The largest absolute Gasteiger partial charge is 0.434 e. The molecule has 9 nitrogen and oxygen atoms in total. The first-order valence-electron chi connectivity index (χ1n) is 7.04. The summed E-state index contributed by atoms with van der Waals surface area (Å²) in [5, 5.41) is 10.7. The Kier molecular flexibility index (Phi) is 5.32. The molecule has 2 unspecified atom stereocenters. The lowest BCUT2D eigenvalue weighted by Gasteiger charge is -2.36. The van der Waals surface area contributed by atoms with Gasteiger partial charge in [0, 0.05) is 11.8 Å². The van der Waals surface area contributed by atoms with Crippen LogP contribution in [0.1, 0.15) is 33.1 Å². The number of carbonyl (C=O) groups excluding carboxylic acids is 1. The van der Waals surface area contributed by atoms with Crippen molar-refractivity contribution in [2.75, 3.05) is 5.75 Å². The highest BCUT2D eigenvalue weighted by molar-refractivity contribution is 8.15. The molecule has 25 heavy (non-hydrogen) atoms. The lowest BCUT2D eigenvalue weighted by Crippen LogP contribution is -2.48. The molecule has 2 saturated carbocycles. The summed E-state index contributed by atoms with van der Waals surface area (Å²) in [5.41, 5.74) is -2.00. The Morgan fingerprint density at radius 3 is 2.40 bits per heavy atom. The zero-order valence-electron chi connectivity index (χ0n) is 13.2. The summed E-state index contributed by atoms with van der Waals surface area (Å²) in [5.74, 6) is -1.24. The molecule has 2 rings (SSSR count). The summed E-state index contributed by atoms with van der Waals surface area (Å²) in [4.78, 5) is 12.3. The predicted molar refractivity (Wildman–Crippen MR) is 81.7 cm³/mol. The number of halogens is 2. The van der Waals surface area contributed by atoms with Crippen molar-refractivity contribution in [1.29, 1.82) is 0 Å². The van der Waals surface area contributed by atoms with E-state index < -0.39 is 53.3 Å². The summed E-state index contributed by atoms with van der Waals surface area (Å²) in [6, 6.07) is 0. The minimum atomic E-state index is -5.74. The molecule has 2 aliphatic carbocycles. The maximum absolute atomic E-state index is 13.5. The number of carbonyl (C=O) groups is 1. The van der Waals surface area contributed by atoms with E-state index in [4.69, 9.17) is 5.26 Å². The van der Waals surface area contributed by atoms with Crippen LogP contribution < -0.4 is 4.13 Å². The number of Topliss-reactive ketones (excluding diaryl/α,β-unsaturated/α-hetero) is 1.